The molecule has 0 fully saturated rings. The summed E-state index contributed by atoms with van der Waals surface area (Å²) in [5.41, 5.74) is 1.46. The lowest BCUT2D eigenvalue weighted by atomic mass is 10.2. The van der Waals surface area contributed by atoms with Gasteiger partial charge in [0.15, 0.2) is 0 Å². The molecule has 0 bridgehead atoms. The Bertz CT molecular complexity index is 340. The first kappa shape index (κ1) is 12.9. The normalized spacial score (nSPS) is 12.6. The molecule has 1 atom stereocenters. The lowest BCUT2D eigenvalue weighted by Crippen LogP contribution is -2.24. The van der Waals surface area contributed by atoms with E-state index >= 15 is 0 Å². The second-order valence-corrected chi connectivity index (χ2v) is 4.16. The molecule has 0 saturated carbocycles. The van der Waals surface area contributed by atoms with Crippen molar-refractivity contribution in [2.24, 2.45) is 0 Å². The van der Waals surface area contributed by atoms with Crippen LogP contribution >= 0.6 is 0 Å². The Balaban J connectivity index is 2.59. The zero-order valence-electron chi connectivity index (χ0n) is 10.00. The van der Waals surface area contributed by atoms with E-state index in [4.69, 9.17) is 5.11 Å². The van der Waals surface area contributed by atoms with Gasteiger partial charge in [-0.15, -0.1) is 0 Å². The quantitative estimate of drug-likeness (QED) is 0.796. The maximum absolute atomic E-state index is 13.6. The fourth-order valence-corrected chi connectivity index (χ4v) is 1.45. The number of hydrogen-bond acceptors (Lipinski definition) is 3. The number of aliphatic hydroxyl groups is 1. The summed E-state index contributed by atoms with van der Waals surface area (Å²) in [6, 6.07) is 5.16. The van der Waals surface area contributed by atoms with Crippen molar-refractivity contribution in [3.8, 4) is 0 Å². The van der Waals surface area contributed by atoms with Gasteiger partial charge >= 0.3 is 0 Å². The summed E-state index contributed by atoms with van der Waals surface area (Å²) in [5.74, 6) is -0.221. The smallest absolute Gasteiger partial charge is 0.146 e. The highest BCUT2D eigenvalue weighted by Crippen LogP contribution is 2.17. The second-order valence-electron chi connectivity index (χ2n) is 4.16. The molecule has 0 aliphatic rings. The maximum Gasteiger partial charge on any atom is 0.146 e. The molecule has 0 aliphatic carbocycles. The Morgan fingerprint density at radius 1 is 1.44 bits per heavy atom. The topological polar surface area (TPSA) is 35.5 Å². The molecule has 1 rings (SSSR count). The van der Waals surface area contributed by atoms with E-state index in [1.165, 1.54) is 6.07 Å². The molecule has 0 aliphatic heterocycles. The molecule has 0 aromatic heterocycles. The van der Waals surface area contributed by atoms with E-state index in [-0.39, 0.29) is 11.9 Å². The van der Waals surface area contributed by atoms with Gasteiger partial charge in [0.1, 0.15) is 5.82 Å². The van der Waals surface area contributed by atoms with Gasteiger partial charge in [0, 0.05) is 27.2 Å². The first-order valence-electron chi connectivity index (χ1n) is 5.35. The van der Waals surface area contributed by atoms with Crippen LogP contribution in [-0.2, 0) is 6.54 Å². The van der Waals surface area contributed by atoms with E-state index in [1.54, 1.807) is 17.9 Å². The molecule has 1 aromatic rings. The van der Waals surface area contributed by atoms with Gasteiger partial charge < -0.3 is 15.3 Å². The summed E-state index contributed by atoms with van der Waals surface area (Å²) in [6.07, 6.45) is -0.383. The number of nitrogens with zero attached hydrogens (tertiary/aromatic N) is 1. The van der Waals surface area contributed by atoms with E-state index < -0.39 is 0 Å². The monoisotopic (exact) mass is 226 g/mol. The summed E-state index contributed by atoms with van der Waals surface area (Å²) in [4.78, 5) is 1.74. The molecular formula is C12H19FN2O. The van der Waals surface area contributed by atoms with Crippen LogP contribution in [-0.4, -0.2) is 31.9 Å². The first-order valence-corrected chi connectivity index (χ1v) is 5.35. The predicted octanol–water partition coefficient (Wildman–Crippen LogP) is 1.36. The van der Waals surface area contributed by atoms with Crippen LogP contribution in [0.5, 0.6) is 0 Å². The molecule has 90 valence electrons. The predicted molar refractivity (Wildman–Crippen MR) is 64.1 cm³/mol. The van der Waals surface area contributed by atoms with Gasteiger partial charge in [-0.2, -0.15) is 0 Å². The first-order chi connectivity index (χ1) is 7.50. The molecule has 0 saturated heterocycles. The number of hydrogen-bond donors (Lipinski definition) is 2. The minimum Gasteiger partial charge on any atom is -0.392 e. The fraction of sp³-hybridized carbons (Fsp3) is 0.500. The van der Waals surface area contributed by atoms with Crippen molar-refractivity contribution in [1.29, 1.82) is 0 Å². The van der Waals surface area contributed by atoms with Crippen LogP contribution in [0.1, 0.15) is 12.5 Å². The summed E-state index contributed by atoms with van der Waals surface area (Å²) in [6.45, 7) is 2.79. The third kappa shape index (κ3) is 3.79. The standard InChI is InChI=1S/C12H19FN2O/c1-9(16)7-14-8-10-4-5-12(15(2)3)11(13)6-10/h4-6,9,14,16H,7-8H2,1-3H3/t9-/m1/s1. The van der Waals surface area contributed by atoms with Gasteiger partial charge in [-0.3, -0.25) is 0 Å². The number of aliphatic hydroxyl groups excluding tert-OH is 1. The van der Waals surface area contributed by atoms with Crippen LogP contribution in [0, 0.1) is 5.82 Å². The van der Waals surface area contributed by atoms with Crippen molar-refractivity contribution >= 4 is 5.69 Å². The molecule has 0 unspecified atom stereocenters. The number of benzene rings is 1. The van der Waals surface area contributed by atoms with E-state index in [0.717, 1.165) is 5.56 Å². The Kier molecular flexibility index (Phi) is 4.71. The van der Waals surface area contributed by atoms with Crippen molar-refractivity contribution in [1.82, 2.24) is 5.32 Å². The molecular weight excluding hydrogens is 207 g/mol. The SMILES string of the molecule is C[C@@H](O)CNCc1ccc(N(C)C)c(F)c1. The Morgan fingerprint density at radius 2 is 2.12 bits per heavy atom. The summed E-state index contributed by atoms with van der Waals surface area (Å²) in [7, 11) is 3.62. The number of halogens is 1. The third-order valence-corrected chi connectivity index (χ3v) is 2.26. The number of rotatable bonds is 5. The van der Waals surface area contributed by atoms with Crippen LogP contribution in [0.4, 0.5) is 10.1 Å². The van der Waals surface area contributed by atoms with Crippen molar-refractivity contribution in [3.05, 3.63) is 29.6 Å². The van der Waals surface area contributed by atoms with Crippen LogP contribution in [0.15, 0.2) is 18.2 Å². The highest BCUT2D eigenvalue weighted by molar-refractivity contribution is 5.47. The minimum absolute atomic E-state index is 0.221. The largest absolute Gasteiger partial charge is 0.392 e. The zero-order valence-corrected chi connectivity index (χ0v) is 10.00. The Hall–Kier alpha value is -1.13. The highest BCUT2D eigenvalue weighted by atomic mass is 19.1. The number of anilines is 1. The molecule has 16 heavy (non-hydrogen) atoms. The number of nitrogens with one attached hydrogen (secondary N) is 1. The lowest BCUT2D eigenvalue weighted by molar-refractivity contribution is 0.191. The summed E-state index contributed by atoms with van der Waals surface area (Å²) in [5, 5.41) is 12.1. The summed E-state index contributed by atoms with van der Waals surface area (Å²) >= 11 is 0. The molecule has 4 heteroatoms. The van der Waals surface area contributed by atoms with Gasteiger partial charge in [0.25, 0.3) is 0 Å². The maximum atomic E-state index is 13.6. The summed E-state index contributed by atoms with van der Waals surface area (Å²) < 4.78 is 13.6. The average molecular weight is 226 g/mol. The second kappa shape index (κ2) is 5.82. The Labute approximate surface area is 95.9 Å². The van der Waals surface area contributed by atoms with E-state index in [9.17, 15) is 4.39 Å². The molecule has 3 nitrogen and oxygen atoms in total. The molecule has 2 N–H and O–H groups in total. The third-order valence-electron chi connectivity index (χ3n) is 2.26. The van der Waals surface area contributed by atoms with Crippen molar-refractivity contribution in [3.63, 3.8) is 0 Å². The van der Waals surface area contributed by atoms with Crippen LogP contribution < -0.4 is 10.2 Å². The molecule has 0 spiro atoms. The zero-order chi connectivity index (χ0) is 12.1. The van der Waals surface area contributed by atoms with Gasteiger partial charge in [0.2, 0.25) is 0 Å². The molecule has 0 amide bonds. The van der Waals surface area contributed by atoms with Gasteiger partial charge in [-0.25, -0.2) is 4.39 Å². The molecule has 0 radical (unpaired) electrons. The van der Waals surface area contributed by atoms with Crippen molar-refractivity contribution in [2.75, 3.05) is 25.5 Å². The molecule has 0 heterocycles. The van der Waals surface area contributed by atoms with E-state index in [0.29, 0.717) is 18.8 Å². The molecule has 1 aromatic carbocycles. The fourth-order valence-electron chi connectivity index (χ4n) is 1.45. The van der Waals surface area contributed by atoms with E-state index in [2.05, 4.69) is 5.32 Å². The van der Waals surface area contributed by atoms with Crippen molar-refractivity contribution < 1.29 is 9.50 Å². The van der Waals surface area contributed by atoms with Gasteiger partial charge in [-0.05, 0) is 24.6 Å². The van der Waals surface area contributed by atoms with Gasteiger partial charge in [0.05, 0.1) is 11.8 Å². The average Bonchev–Trinajstić information content (AvgIpc) is 2.16. The lowest BCUT2D eigenvalue weighted by Gasteiger charge is -2.14. The minimum atomic E-state index is -0.383. The van der Waals surface area contributed by atoms with E-state index in [1.807, 2.05) is 20.2 Å². The van der Waals surface area contributed by atoms with Crippen LogP contribution in [0.2, 0.25) is 0 Å². The van der Waals surface area contributed by atoms with Crippen molar-refractivity contribution in [2.45, 2.75) is 19.6 Å². The van der Waals surface area contributed by atoms with Gasteiger partial charge in [-0.1, -0.05) is 6.07 Å². The Morgan fingerprint density at radius 3 is 2.62 bits per heavy atom. The highest BCUT2D eigenvalue weighted by Gasteiger charge is 2.05. The van der Waals surface area contributed by atoms with Crippen LogP contribution in [0.25, 0.3) is 0 Å². The van der Waals surface area contributed by atoms with Crippen LogP contribution in [0.3, 0.4) is 0 Å².